The first-order chi connectivity index (χ1) is 9.47. The highest BCUT2D eigenvalue weighted by atomic mass is 19.1. The summed E-state index contributed by atoms with van der Waals surface area (Å²) in [6, 6.07) is 9.60. The van der Waals surface area contributed by atoms with Gasteiger partial charge in [-0.25, -0.2) is 9.18 Å². The number of carbonyl (C=O) groups excluding carboxylic acids is 1. The number of hydrogen-bond donors (Lipinski definition) is 0. The fourth-order valence-corrected chi connectivity index (χ4v) is 2.56. The first-order valence-corrected chi connectivity index (χ1v) is 7.11. The number of carbonyl (C=O) groups is 1. The standard InChI is InChI=1S/C16H22FNO2/c1-16(2,17)14-8-10-18(11-9-14)15(19)20-12-13-6-4-3-5-7-13/h3-7,14H,8-12H2,1-2H3. The van der Waals surface area contributed by atoms with E-state index in [1.807, 2.05) is 30.3 Å². The van der Waals surface area contributed by atoms with E-state index in [0.29, 0.717) is 25.9 Å². The van der Waals surface area contributed by atoms with E-state index in [0.717, 1.165) is 5.56 Å². The van der Waals surface area contributed by atoms with Crippen molar-refractivity contribution < 1.29 is 13.9 Å². The molecule has 0 radical (unpaired) electrons. The Kier molecular flexibility index (Phi) is 4.63. The highest BCUT2D eigenvalue weighted by Crippen LogP contribution is 2.31. The van der Waals surface area contributed by atoms with E-state index >= 15 is 0 Å². The van der Waals surface area contributed by atoms with Gasteiger partial charge in [0.15, 0.2) is 0 Å². The van der Waals surface area contributed by atoms with Gasteiger partial charge in [-0.1, -0.05) is 30.3 Å². The Hall–Kier alpha value is -1.58. The summed E-state index contributed by atoms with van der Waals surface area (Å²) < 4.78 is 19.1. The van der Waals surface area contributed by atoms with Gasteiger partial charge in [0.05, 0.1) is 0 Å². The number of piperidine rings is 1. The van der Waals surface area contributed by atoms with Crippen LogP contribution in [0.5, 0.6) is 0 Å². The first-order valence-electron chi connectivity index (χ1n) is 7.11. The van der Waals surface area contributed by atoms with Crippen LogP contribution in [0.4, 0.5) is 9.18 Å². The molecule has 0 aromatic heterocycles. The minimum absolute atomic E-state index is 0.0284. The molecule has 3 nitrogen and oxygen atoms in total. The van der Waals surface area contributed by atoms with E-state index in [1.165, 1.54) is 0 Å². The van der Waals surface area contributed by atoms with Crippen molar-refractivity contribution >= 4 is 6.09 Å². The monoisotopic (exact) mass is 279 g/mol. The third kappa shape index (κ3) is 3.95. The van der Waals surface area contributed by atoms with E-state index < -0.39 is 5.67 Å². The maximum atomic E-state index is 13.8. The molecule has 1 aliphatic rings. The molecule has 20 heavy (non-hydrogen) atoms. The number of nitrogens with zero attached hydrogens (tertiary/aromatic N) is 1. The molecular weight excluding hydrogens is 257 g/mol. The van der Waals surface area contributed by atoms with Crippen LogP contribution in [0.15, 0.2) is 30.3 Å². The van der Waals surface area contributed by atoms with Crippen molar-refractivity contribution in [3.8, 4) is 0 Å². The van der Waals surface area contributed by atoms with Crippen LogP contribution in [-0.4, -0.2) is 29.8 Å². The quantitative estimate of drug-likeness (QED) is 0.842. The Morgan fingerprint density at radius 3 is 2.45 bits per heavy atom. The van der Waals surface area contributed by atoms with Crippen molar-refractivity contribution in [3.63, 3.8) is 0 Å². The molecule has 1 amide bonds. The average Bonchev–Trinajstić information content (AvgIpc) is 2.45. The molecule has 1 heterocycles. The van der Waals surface area contributed by atoms with Gasteiger partial charge >= 0.3 is 6.09 Å². The van der Waals surface area contributed by atoms with Gasteiger partial charge < -0.3 is 9.64 Å². The van der Waals surface area contributed by atoms with E-state index in [-0.39, 0.29) is 18.6 Å². The smallest absolute Gasteiger partial charge is 0.410 e. The number of hydrogen-bond acceptors (Lipinski definition) is 2. The van der Waals surface area contributed by atoms with Crippen molar-refractivity contribution in [1.82, 2.24) is 4.90 Å². The fraction of sp³-hybridized carbons (Fsp3) is 0.562. The molecule has 0 atom stereocenters. The van der Waals surface area contributed by atoms with Gasteiger partial charge in [0.1, 0.15) is 12.3 Å². The SMILES string of the molecule is CC(C)(F)C1CCN(C(=O)OCc2ccccc2)CC1. The van der Waals surface area contributed by atoms with Gasteiger partial charge in [0.2, 0.25) is 0 Å². The van der Waals surface area contributed by atoms with E-state index in [1.54, 1.807) is 18.7 Å². The zero-order valence-electron chi connectivity index (χ0n) is 12.1. The van der Waals surface area contributed by atoms with Crippen LogP contribution in [-0.2, 0) is 11.3 Å². The normalized spacial score (nSPS) is 17.1. The number of halogens is 1. The maximum absolute atomic E-state index is 13.8. The first kappa shape index (κ1) is 14.8. The number of alkyl halides is 1. The predicted octanol–water partition coefficient (Wildman–Crippen LogP) is 3.78. The van der Waals surface area contributed by atoms with Crippen LogP contribution in [0.3, 0.4) is 0 Å². The van der Waals surface area contributed by atoms with Crippen LogP contribution in [0.25, 0.3) is 0 Å². The molecular formula is C16H22FNO2. The zero-order chi connectivity index (χ0) is 14.6. The molecule has 1 aromatic carbocycles. The summed E-state index contributed by atoms with van der Waals surface area (Å²) in [5.41, 5.74) is -0.194. The van der Waals surface area contributed by atoms with E-state index in [9.17, 15) is 9.18 Å². The molecule has 1 saturated heterocycles. The van der Waals surface area contributed by atoms with Gasteiger partial charge in [-0.3, -0.25) is 0 Å². The minimum atomic E-state index is -1.17. The van der Waals surface area contributed by atoms with Gasteiger partial charge in [-0.15, -0.1) is 0 Å². The number of amides is 1. The lowest BCUT2D eigenvalue weighted by Gasteiger charge is -2.35. The molecule has 0 aliphatic carbocycles. The molecule has 110 valence electrons. The molecule has 4 heteroatoms. The van der Waals surface area contributed by atoms with Crippen molar-refractivity contribution in [2.75, 3.05) is 13.1 Å². The molecule has 2 rings (SSSR count). The Bertz CT molecular complexity index is 434. The van der Waals surface area contributed by atoms with E-state index in [2.05, 4.69) is 0 Å². The van der Waals surface area contributed by atoms with Crippen LogP contribution >= 0.6 is 0 Å². The molecule has 0 N–H and O–H groups in total. The second-order valence-electron chi connectivity index (χ2n) is 5.87. The summed E-state index contributed by atoms with van der Waals surface area (Å²) in [5.74, 6) is 0.0284. The van der Waals surface area contributed by atoms with Crippen LogP contribution < -0.4 is 0 Å². The third-order valence-electron chi connectivity index (χ3n) is 3.93. The molecule has 1 aliphatic heterocycles. The summed E-state index contributed by atoms with van der Waals surface area (Å²) in [5, 5.41) is 0. The molecule has 0 unspecified atom stereocenters. The van der Waals surface area contributed by atoms with Crippen molar-refractivity contribution in [2.24, 2.45) is 5.92 Å². The second kappa shape index (κ2) is 6.25. The zero-order valence-corrected chi connectivity index (χ0v) is 12.1. The van der Waals surface area contributed by atoms with Crippen molar-refractivity contribution in [1.29, 1.82) is 0 Å². The van der Waals surface area contributed by atoms with Crippen LogP contribution in [0.1, 0.15) is 32.3 Å². The van der Waals surface area contributed by atoms with E-state index in [4.69, 9.17) is 4.74 Å². The fourth-order valence-electron chi connectivity index (χ4n) is 2.56. The topological polar surface area (TPSA) is 29.5 Å². The van der Waals surface area contributed by atoms with Gasteiger partial charge in [-0.2, -0.15) is 0 Å². The lowest BCUT2D eigenvalue weighted by molar-refractivity contribution is 0.0461. The summed E-state index contributed by atoms with van der Waals surface area (Å²) >= 11 is 0. The summed E-state index contributed by atoms with van der Waals surface area (Å²) in [6.07, 6.45) is 1.09. The average molecular weight is 279 g/mol. The van der Waals surface area contributed by atoms with Crippen LogP contribution in [0, 0.1) is 5.92 Å². The number of benzene rings is 1. The third-order valence-corrected chi connectivity index (χ3v) is 3.93. The Morgan fingerprint density at radius 1 is 1.30 bits per heavy atom. The largest absolute Gasteiger partial charge is 0.445 e. The second-order valence-corrected chi connectivity index (χ2v) is 5.87. The lowest BCUT2D eigenvalue weighted by Crippen LogP contribution is -2.43. The highest BCUT2D eigenvalue weighted by molar-refractivity contribution is 5.67. The minimum Gasteiger partial charge on any atom is -0.445 e. The molecule has 0 bridgehead atoms. The Balaban J connectivity index is 1.78. The molecule has 1 aromatic rings. The van der Waals surface area contributed by atoms with Crippen molar-refractivity contribution in [2.45, 2.75) is 39.0 Å². The molecule has 0 saturated carbocycles. The summed E-state index contributed by atoms with van der Waals surface area (Å²) in [6.45, 7) is 4.66. The summed E-state index contributed by atoms with van der Waals surface area (Å²) in [4.78, 5) is 13.6. The predicted molar refractivity (Wildman–Crippen MR) is 76.1 cm³/mol. The number of rotatable bonds is 3. The van der Waals surface area contributed by atoms with Gasteiger partial charge in [0, 0.05) is 13.1 Å². The molecule has 0 spiro atoms. The Labute approximate surface area is 119 Å². The lowest BCUT2D eigenvalue weighted by atomic mass is 9.84. The van der Waals surface area contributed by atoms with Crippen molar-refractivity contribution in [3.05, 3.63) is 35.9 Å². The van der Waals surface area contributed by atoms with Gasteiger partial charge in [-0.05, 0) is 38.2 Å². The maximum Gasteiger partial charge on any atom is 0.410 e. The number of ether oxygens (including phenoxy) is 1. The van der Waals surface area contributed by atoms with Crippen LogP contribution in [0.2, 0.25) is 0 Å². The van der Waals surface area contributed by atoms with Gasteiger partial charge in [0.25, 0.3) is 0 Å². The highest BCUT2D eigenvalue weighted by Gasteiger charge is 2.33. The number of likely N-dealkylation sites (tertiary alicyclic amines) is 1. The Morgan fingerprint density at radius 2 is 1.90 bits per heavy atom. The molecule has 1 fully saturated rings. The summed E-state index contributed by atoms with van der Waals surface area (Å²) in [7, 11) is 0.